The smallest absolute Gasteiger partial charge is 0.267 e. The van der Waals surface area contributed by atoms with Crippen LogP contribution in [0.1, 0.15) is 10.4 Å². The molecule has 2 aromatic heterocycles. The molecule has 27 heavy (non-hydrogen) atoms. The Morgan fingerprint density at radius 1 is 0.889 bits per heavy atom. The molecule has 5 nitrogen and oxygen atoms in total. The molecule has 0 aliphatic carbocycles. The number of hydrogen-bond donors (Lipinski definition) is 0. The Kier molecular flexibility index (Phi) is 3.55. The van der Waals surface area contributed by atoms with E-state index in [1.165, 1.54) is 0 Å². The standard InChI is InChI=1S/C21H12ClN3O2/c22-14-8-9-15-18(12-14)27-17-7-3-11-24-20(17)25(21(15)26)16-6-1-4-13-5-2-10-23-19(13)16/h1-12H. The summed E-state index contributed by atoms with van der Waals surface area (Å²) in [5, 5.41) is 1.43. The van der Waals surface area contributed by atoms with Crippen LogP contribution < -0.4 is 9.64 Å². The summed E-state index contributed by atoms with van der Waals surface area (Å²) in [5.41, 5.74) is 1.76. The van der Waals surface area contributed by atoms with E-state index < -0.39 is 0 Å². The molecule has 1 aliphatic heterocycles. The first-order chi connectivity index (χ1) is 13.2. The minimum atomic E-state index is -0.253. The quantitative estimate of drug-likeness (QED) is 0.450. The molecular weight excluding hydrogens is 362 g/mol. The maximum Gasteiger partial charge on any atom is 0.267 e. The van der Waals surface area contributed by atoms with Gasteiger partial charge in [0.15, 0.2) is 11.6 Å². The van der Waals surface area contributed by atoms with Crippen molar-refractivity contribution >= 4 is 39.9 Å². The van der Waals surface area contributed by atoms with Gasteiger partial charge in [-0.3, -0.25) is 14.7 Å². The monoisotopic (exact) mass is 373 g/mol. The summed E-state index contributed by atoms with van der Waals surface area (Å²) in [5.74, 6) is 1.03. The van der Waals surface area contributed by atoms with Crippen LogP contribution in [-0.2, 0) is 0 Å². The van der Waals surface area contributed by atoms with Crippen LogP contribution in [0.5, 0.6) is 11.5 Å². The van der Waals surface area contributed by atoms with E-state index in [0.717, 1.165) is 5.39 Å². The highest BCUT2D eigenvalue weighted by molar-refractivity contribution is 6.31. The highest BCUT2D eigenvalue weighted by atomic mass is 35.5. The molecule has 0 unspecified atom stereocenters. The number of para-hydroxylation sites is 1. The lowest BCUT2D eigenvalue weighted by molar-refractivity contribution is 0.0999. The minimum absolute atomic E-state index is 0.253. The van der Waals surface area contributed by atoms with E-state index in [0.29, 0.717) is 39.1 Å². The number of amides is 1. The third kappa shape index (κ3) is 2.52. The fourth-order valence-electron chi connectivity index (χ4n) is 3.21. The number of halogens is 1. The van der Waals surface area contributed by atoms with Gasteiger partial charge >= 0.3 is 0 Å². The van der Waals surface area contributed by atoms with Crippen LogP contribution in [-0.4, -0.2) is 15.9 Å². The number of rotatable bonds is 1. The maximum atomic E-state index is 13.5. The summed E-state index contributed by atoms with van der Waals surface area (Å²) < 4.78 is 5.99. The van der Waals surface area contributed by atoms with Gasteiger partial charge in [0.1, 0.15) is 5.75 Å². The molecule has 4 aromatic rings. The lowest BCUT2D eigenvalue weighted by Crippen LogP contribution is -2.26. The predicted molar refractivity (Wildman–Crippen MR) is 104 cm³/mol. The molecule has 3 heterocycles. The lowest BCUT2D eigenvalue weighted by atomic mass is 10.1. The van der Waals surface area contributed by atoms with Gasteiger partial charge in [-0.25, -0.2) is 4.98 Å². The van der Waals surface area contributed by atoms with Crippen molar-refractivity contribution in [3.8, 4) is 11.5 Å². The van der Waals surface area contributed by atoms with Crippen molar-refractivity contribution in [2.75, 3.05) is 4.90 Å². The number of ether oxygens (including phenoxy) is 1. The second-order valence-corrected chi connectivity index (χ2v) is 6.50. The van der Waals surface area contributed by atoms with Gasteiger partial charge < -0.3 is 4.74 Å². The minimum Gasteiger partial charge on any atom is -0.453 e. The molecule has 1 amide bonds. The molecule has 0 radical (unpaired) electrons. The van der Waals surface area contributed by atoms with Gasteiger partial charge in [0.2, 0.25) is 0 Å². The molecule has 0 saturated heterocycles. The Balaban J connectivity index is 1.82. The number of carbonyl (C=O) groups excluding carboxylic acids is 1. The number of anilines is 2. The number of carbonyl (C=O) groups is 1. The molecule has 2 aromatic carbocycles. The number of pyridine rings is 2. The summed E-state index contributed by atoms with van der Waals surface area (Å²) in [6.45, 7) is 0. The van der Waals surface area contributed by atoms with Crippen LogP contribution in [0, 0.1) is 0 Å². The first kappa shape index (κ1) is 15.8. The van der Waals surface area contributed by atoms with Crippen molar-refractivity contribution in [3.63, 3.8) is 0 Å². The Morgan fingerprint density at radius 2 is 1.70 bits per heavy atom. The molecular formula is C21H12ClN3O2. The molecule has 0 bridgehead atoms. The molecule has 130 valence electrons. The van der Waals surface area contributed by atoms with Crippen molar-refractivity contribution < 1.29 is 9.53 Å². The zero-order chi connectivity index (χ0) is 18.4. The van der Waals surface area contributed by atoms with E-state index in [2.05, 4.69) is 9.97 Å². The number of fused-ring (bicyclic) bond motifs is 3. The summed E-state index contributed by atoms with van der Waals surface area (Å²) in [6.07, 6.45) is 3.34. The third-order valence-electron chi connectivity index (χ3n) is 4.41. The zero-order valence-electron chi connectivity index (χ0n) is 14.0. The first-order valence-electron chi connectivity index (χ1n) is 8.33. The Labute approximate surface area is 159 Å². The maximum absolute atomic E-state index is 13.5. The predicted octanol–water partition coefficient (Wildman–Crippen LogP) is 5.37. The van der Waals surface area contributed by atoms with Gasteiger partial charge in [-0.2, -0.15) is 0 Å². The van der Waals surface area contributed by atoms with E-state index in [4.69, 9.17) is 16.3 Å². The van der Waals surface area contributed by atoms with Gasteiger partial charge in [-0.15, -0.1) is 0 Å². The lowest BCUT2D eigenvalue weighted by Gasteiger charge is -2.22. The average molecular weight is 374 g/mol. The van der Waals surface area contributed by atoms with Crippen LogP contribution in [0.2, 0.25) is 5.02 Å². The number of nitrogens with zero attached hydrogens (tertiary/aromatic N) is 3. The van der Waals surface area contributed by atoms with E-state index in [-0.39, 0.29) is 5.91 Å². The number of aromatic nitrogens is 2. The van der Waals surface area contributed by atoms with Gasteiger partial charge in [-0.1, -0.05) is 29.8 Å². The normalized spacial score (nSPS) is 12.9. The fraction of sp³-hybridized carbons (Fsp3) is 0. The van der Waals surface area contributed by atoms with Crippen LogP contribution in [0.15, 0.2) is 73.1 Å². The average Bonchev–Trinajstić information content (AvgIpc) is 2.81. The molecule has 6 heteroatoms. The Bertz CT molecular complexity index is 1200. The van der Waals surface area contributed by atoms with Gasteiger partial charge in [-0.05, 0) is 36.4 Å². The molecule has 0 atom stereocenters. The molecule has 0 saturated carbocycles. The highest BCUT2D eigenvalue weighted by Crippen LogP contribution is 2.43. The van der Waals surface area contributed by atoms with Crippen LogP contribution >= 0.6 is 11.6 Å². The van der Waals surface area contributed by atoms with Crippen LogP contribution in [0.4, 0.5) is 11.5 Å². The highest BCUT2D eigenvalue weighted by Gasteiger charge is 2.31. The van der Waals surface area contributed by atoms with E-state index in [1.807, 2.05) is 30.3 Å². The van der Waals surface area contributed by atoms with Crippen molar-refractivity contribution in [3.05, 3.63) is 83.6 Å². The summed E-state index contributed by atoms with van der Waals surface area (Å²) in [4.78, 5) is 23.9. The molecule has 1 aliphatic rings. The van der Waals surface area contributed by atoms with Crippen molar-refractivity contribution in [1.82, 2.24) is 9.97 Å². The first-order valence-corrected chi connectivity index (χ1v) is 8.71. The van der Waals surface area contributed by atoms with E-state index >= 15 is 0 Å². The van der Waals surface area contributed by atoms with Crippen LogP contribution in [0.3, 0.4) is 0 Å². The number of hydrogen-bond acceptors (Lipinski definition) is 4. The molecule has 0 spiro atoms. The van der Waals surface area contributed by atoms with E-state index in [1.54, 1.807) is 47.6 Å². The summed E-state index contributed by atoms with van der Waals surface area (Å²) in [6, 6.07) is 18.0. The fourth-order valence-corrected chi connectivity index (χ4v) is 3.38. The summed E-state index contributed by atoms with van der Waals surface area (Å²) >= 11 is 6.11. The van der Waals surface area contributed by atoms with E-state index in [9.17, 15) is 4.79 Å². The van der Waals surface area contributed by atoms with Crippen molar-refractivity contribution in [2.24, 2.45) is 0 Å². The van der Waals surface area contributed by atoms with Crippen molar-refractivity contribution in [2.45, 2.75) is 0 Å². The third-order valence-corrected chi connectivity index (χ3v) is 4.65. The van der Waals surface area contributed by atoms with Gasteiger partial charge in [0.05, 0.1) is 16.8 Å². The zero-order valence-corrected chi connectivity index (χ0v) is 14.7. The van der Waals surface area contributed by atoms with Crippen LogP contribution in [0.25, 0.3) is 10.9 Å². The molecule has 0 N–H and O–H groups in total. The SMILES string of the molecule is O=C1c2ccc(Cl)cc2Oc2cccnc2N1c1cccc2cccnc12. The second-order valence-electron chi connectivity index (χ2n) is 6.06. The molecule has 5 rings (SSSR count). The van der Waals surface area contributed by atoms with Gasteiger partial charge in [0.25, 0.3) is 5.91 Å². The van der Waals surface area contributed by atoms with Crippen molar-refractivity contribution in [1.29, 1.82) is 0 Å². The van der Waals surface area contributed by atoms with Gasteiger partial charge in [0, 0.05) is 28.9 Å². The second kappa shape index (κ2) is 6.07. The summed E-state index contributed by atoms with van der Waals surface area (Å²) in [7, 11) is 0. The topological polar surface area (TPSA) is 55.3 Å². The molecule has 0 fully saturated rings. The largest absolute Gasteiger partial charge is 0.453 e. The Morgan fingerprint density at radius 3 is 2.63 bits per heavy atom. The number of benzene rings is 2. The Hall–Kier alpha value is -3.44.